The van der Waals surface area contributed by atoms with Crippen LogP contribution in [0.25, 0.3) is 0 Å². The van der Waals surface area contributed by atoms with Crippen molar-refractivity contribution in [2.75, 3.05) is 0 Å². The number of hydrogen-bond acceptors (Lipinski definition) is 3. The van der Waals surface area contributed by atoms with Gasteiger partial charge < -0.3 is 4.55 Å². The highest BCUT2D eigenvalue weighted by Gasteiger charge is 2.17. The summed E-state index contributed by atoms with van der Waals surface area (Å²) in [5, 5.41) is 3.05. The highest BCUT2D eigenvalue weighted by molar-refractivity contribution is 7.86. The lowest BCUT2D eigenvalue weighted by molar-refractivity contribution is -0.671. The Morgan fingerprint density at radius 1 is 0.879 bits per heavy atom. The molecule has 0 bridgehead atoms. The summed E-state index contributed by atoms with van der Waals surface area (Å²) in [7, 11) is -3.33. The normalized spacial score (nSPS) is 11.2. The predicted molar refractivity (Wildman–Crippen MR) is 134 cm³/mol. The molecule has 4 aromatic rings. The third kappa shape index (κ3) is 7.36. The summed E-state index contributed by atoms with van der Waals surface area (Å²) >= 11 is 0. The first kappa shape index (κ1) is 24.8. The summed E-state index contributed by atoms with van der Waals surface area (Å²) in [6, 6.07) is 26.2. The second-order valence-electron chi connectivity index (χ2n) is 7.63. The van der Waals surface area contributed by atoms with Crippen molar-refractivity contribution in [2.24, 2.45) is 7.05 Å². The summed E-state index contributed by atoms with van der Waals surface area (Å²) in [5.41, 5.74) is 0. The Morgan fingerprint density at radius 2 is 1.45 bits per heavy atom. The molecule has 1 aromatic heterocycles. The van der Waals surface area contributed by atoms with E-state index in [2.05, 4.69) is 34.8 Å². The van der Waals surface area contributed by atoms with Crippen LogP contribution in [0, 0.1) is 0 Å². The molecule has 0 unspecified atom stereocenters. The molecule has 0 saturated heterocycles. The quantitative estimate of drug-likeness (QED) is 0.231. The van der Waals surface area contributed by atoms with Crippen molar-refractivity contribution in [3.8, 4) is 0 Å². The molecule has 0 atom stereocenters. The number of hydrogen-bond donors (Lipinski definition) is 0. The number of benzene rings is 3. The smallest absolute Gasteiger partial charge is 0.243 e. The van der Waals surface area contributed by atoms with Gasteiger partial charge in [0, 0.05) is 0 Å². The van der Waals surface area contributed by atoms with Crippen molar-refractivity contribution in [3.05, 3.63) is 104 Å². The molecular weight excluding hydrogens is 451 g/mol. The minimum absolute atomic E-state index is 0.186. The van der Waals surface area contributed by atoms with Crippen LogP contribution in [0.5, 0.6) is 0 Å². The van der Waals surface area contributed by atoms with Gasteiger partial charge in [-0.2, -0.15) is 0 Å². The fourth-order valence-corrected chi connectivity index (χ4v) is 6.30. The summed E-state index contributed by atoms with van der Waals surface area (Å²) in [5.74, 6) is 0. The summed E-state index contributed by atoms with van der Waals surface area (Å²) < 4.78 is 38.3. The molecule has 0 radical (unpaired) electrons. The van der Waals surface area contributed by atoms with E-state index in [-0.39, 0.29) is 4.90 Å². The maximum Gasteiger partial charge on any atom is 0.243 e. The zero-order valence-corrected chi connectivity index (χ0v) is 20.6. The van der Waals surface area contributed by atoms with Gasteiger partial charge in [-0.1, -0.05) is 86.1 Å². The van der Waals surface area contributed by atoms with Crippen LogP contribution >= 0.6 is 7.92 Å². The van der Waals surface area contributed by atoms with Gasteiger partial charge in [-0.25, -0.2) is 17.6 Å². The first-order valence-corrected chi connectivity index (χ1v) is 13.6. The minimum atomic E-state index is -4.46. The van der Waals surface area contributed by atoms with E-state index in [1.54, 1.807) is 6.07 Å². The van der Waals surface area contributed by atoms with E-state index < -0.39 is 18.0 Å². The molecular formula is C26H29N2O3PS. The van der Waals surface area contributed by atoms with Crippen LogP contribution in [-0.4, -0.2) is 17.5 Å². The van der Waals surface area contributed by atoms with E-state index in [1.807, 2.05) is 73.8 Å². The molecule has 33 heavy (non-hydrogen) atoms. The molecule has 0 amide bonds. The molecule has 0 aliphatic carbocycles. The van der Waals surface area contributed by atoms with Gasteiger partial charge in [0.25, 0.3) is 0 Å². The average molecular weight is 481 g/mol. The third-order valence-electron chi connectivity index (χ3n) is 4.99. The SMILES string of the molecule is CCCCn1cc[n+](C)c1.O=S(=O)([O-])c1cccc(P(c2ccccc2)c2ccccc2)c1. The molecule has 0 N–H and O–H groups in total. The molecule has 0 aliphatic rings. The highest BCUT2D eigenvalue weighted by Crippen LogP contribution is 2.33. The zero-order valence-electron chi connectivity index (χ0n) is 18.9. The van der Waals surface area contributed by atoms with Crippen LogP contribution in [0.3, 0.4) is 0 Å². The Bertz CT molecular complexity index is 1200. The number of aromatic nitrogens is 2. The Balaban J connectivity index is 0.000000257. The van der Waals surface area contributed by atoms with E-state index >= 15 is 0 Å². The van der Waals surface area contributed by atoms with Gasteiger partial charge in [-0.15, -0.1) is 0 Å². The number of rotatable bonds is 7. The molecule has 3 aromatic carbocycles. The fraction of sp³-hybridized carbons (Fsp3) is 0.192. The van der Waals surface area contributed by atoms with Crippen LogP contribution in [-0.2, 0) is 23.7 Å². The third-order valence-corrected chi connectivity index (χ3v) is 8.24. The van der Waals surface area contributed by atoms with E-state index in [4.69, 9.17) is 0 Å². The number of nitrogens with zero attached hydrogens (tertiary/aromatic N) is 2. The van der Waals surface area contributed by atoms with Gasteiger partial charge >= 0.3 is 0 Å². The van der Waals surface area contributed by atoms with Crippen LogP contribution in [0.4, 0.5) is 0 Å². The number of unbranched alkanes of at least 4 members (excludes halogenated alkanes) is 1. The van der Waals surface area contributed by atoms with Gasteiger partial charge in [-0.3, -0.25) is 0 Å². The van der Waals surface area contributed by atoms with Gasteiger partial charge in [0.05, 0.1) is 18.5 Å². The van der Waals surface area contributed by atoms with Crippen molar-refractivity contribution < 1.29 is 17.5 Å². The van der Waals surface area contributed by atoms with E-state index in [0.717, 1.165) is 22.5 Å². The van der Waals surface area contributed by atoms with Crippen LogP contribution in [0.1, 0.15) is 19.8 Å². The summed E-state index contributed by atoms with van der Waals surface area (Å²) in [6.45, 7) is 3.36. The maximum absolute atomic E-state index is 11.3. The van der Waals surface area contributed by atoms with Crippen LogP contribution < -0.4 is 20.5 Å². The number of imidazole rings is 1. The lowest BCUT2D eigenvalue weighted by atomic mass is 10.3. The lowest BCUT2D eigenvalue weighted by Gasteiger charge is -2.20. The molecule has 7 heteroatoms. The molecule has 0 saturated carbocycles. The van der Waals surface area contributed by atoms with Crippen molar-refractivity contribution >= 4 is 34.0 Å². The Kier molecular flexibility index (Phi) is 8.95. The van der Waals surface area contributed by atoms with Crippen molar-refractivity contribution in [1.82, 2.24) is 4.57 Å². The second-order valence-corrected chi connectivity index (χ2v) is 11.2. The van der Waals surface area contributed by atoms with E-state index in [9.17, 15) is 13.0 Å². The second kappa shape index (κ2) is 11.9. The van der Waals surface area contributed by atoms with Crippen molar-refractivity contribution in [1.29, 1.82) is 0 Å². The average Bonchev–Trinajstić information content (AvgIpc) is 3.24. The van der Waals surface area contributed by atoms with Crippen molar-refractivity contribution in [3.63, 3.8) is 0 Å². The molecule has 0 aliphatic heterocycles. The van der Waals surface area contributed by atoms with Gasteiger partial charge in [-0.05, 0) is 42.4 Å². The summed E-state index contributed by atoms with van der Waals surface area (Å²) in [6.07, 6.45) is 8.82. The highest BCUT2D eigenvalue weighted by atomic mass is 32.2. The Hall–Kier alpha value is -2.79. The molecule has 172 valence electrons. The Labute approximate surface area is 197 Å². The first-order chi connectivity index (χ1) is 15.9. The topological polar surface area (TPSA) is 66.0 Å². The Morgan fingerprint density at radius 3 is 1.94 bits per heavy atom. The fourth-order valence-electron chi connectivity index (χ4n) is 3.35. The minimum Gasteiger partial charge on any atom is -0.744 e. The van der Waals surface area contributed by atoms with Gasteiger partial charge in [0.2, 0.25) is 6.33 Å². The molecule has 5 nitrogen and oxygen atoms in total. The first-order valence-electron chi connectivity index (χ1n) is 10.9. The molecule has 0 fully saturated rings. The monoisotopic (exact) mass is 480 g/mol. The van der Waals surface area contributed by atoms with Crippen molar-refractivity contribution in [2.45, 2.75) is 31.2 Å². The summed E-state index contributed by atoms with van der Waals surface area (Å²) in [4.78, 5) is -0.186. The molecule has 4 rings (SSSR count). The van der Waals surface area contributed by atoms with Crippen LogP contribution in [0.15, 0.2) is 109 Å². The molecule has 1 heterocycles. The van der Waals surface area contributed by atoms with Gasteiger partial charge in [0.15, 0.2) is 0 Å². The standard InChI is InChI=1S/C18H15O3PS.C8H15N2/c19-23(20,21)18-13-7-12-17(14-18)22(15-8-3-1-4-9-15)16-10-5-2-6-11-16;1-3-4-5-10-7-6-9(2)8-10/h1-14H,(H,19,20,21);6-8H,3-5H2,1-2H3/q;+1/p-1. The largest absolute Gasteiger partial charge is 0.744 e. The number of aryl methyl sites for hydroxylation is 2. The lowest BCUT2D eigenvalue weighted by Crippen LogP contribution is -2.23. The van der Waals surface area contributed by atoms with Crippen LogP contribution in [0.2, 0.25) is 0 Å². The molecule has 0 spiro atoms. The van der Waals surface area contributed by atoms with E-state index in [1.165, 1.54) is 25.0 Å². The maximum atomic E-state index is 11.3. The van der Waals surface area contributed by atoms with Gasteiger partial charge in [0.1, 0.15) is 22.5 Å². The van der Waals surface area contributed by atoms with E-state index in [0.29, 0.717) is 0 Å². The zero-order chi connectivity index (χ0) is 23.7. The predicted octanol–water partition coefficient (Wildman–Crippen LogP) is 3.46.